The van der Waals surface area contributed by atoms with Crippen molar-refractivity contribution in [1.82, 2.24) is 19.7 Å². The maximum absolute atomic E-state index is 10.9. The van der Waals surface area contributed by atoms with Crippen LogP contribution in [-0.4, -0.2) is 37.8 Å². The molecule has 8 nitrogen and oxygen atoms in total. The third-order valence-electron chi connectivity index (χ3n) is 7.50. The molecule has 7 rings (SSSR count). The van der Waals surface area contributed by atoms with E-state index in [0.717, 1.165) is 46.6 Å². The number of aromatic nitrogens is 3. The molecule has 1 unspecified atom stereocenters. The summed E-state index contributed by atoms with van der Waals surface area (Å²) in [6.45, 7) is 2.21. The van der Waals surface area contributed by atoms with Gasteiger partial charge in [-0.2, -0.15) is 0 Å². The van der Waals surface area contributed by atoms with Crippen molar-refractivity contribution in [3.05, 3.63) is 93.9 Å². The van der Waals surface area contributed by atoms with Gasteiger partial charge in [0.25, 0.3) is 0 Å². The van der Waals surface area contributed by atoms with Gasteiger partial charge < -0.3 is 35.8 Å². The summed E-state index contributed by atoms with van der Waals surface area (Å²) in [5, 5.41) is 27.1. The van der Waals surface area contributed by atoms with E-state index in [1.54, 1.807) is 12.3 Å². The SMILES string of the molecule is Clc1cccc(C2CC2)c1.O[N-]c1cc(NCc2cn3cc(C4CC4)cc(C(O)C4CNC4)c3n2)ccn1.[K+]. The molecule has 39 heavy (non-hydrogen) atoms. The zero-order valence-electron chi connectivity index (χ0n) is 22.1. The molecule has 0 radical (unpaired) electrons. The number of benzene rings is 1. The van der Waals surface area contributed by atoms with E-state index in [1.807, 2.05) is 24.4 Å². The molecule has 3 aromatic heterocycles. The molecule has 2 aliphatic carbocycles. The molecule has 3 fully saturated rings. The number of hydrogen-bond acceptors (Lipinski definition) is 6. The molecule has 1 aromatic carbocycles. The minimum atomic E-state index is -0.500. The van der Waals surface area contributed by atoms with Crippen molar-refractivity contribution < 1.29 is 61.7 Å². The summed E-state index contributed by atoms with van der Waals surface area (Å²) >= 11 is 5.82. The van der Waals surface area contributed by atoms with E-state index in [2.05, 4.69) is 49.9 Å². The molecule has 1 saturated heterocycles. The van der Waals surface area contributed by atoms with Gasteiger partial charge in [0.2, 0.25) is 0 Å². The monoisotopic (exact) mass is 570 g/mol. The van der Waals surface area contributed by atoms with Crippen molar-refractivity contribution in [2.45, 2.75) is 50.2 Å². The van der Waals surface area contributed by atoms with Crippen molar-refractivity contribution in [2.24, 2.45) is 5.92 Å². The van der Waals surface area contributed by atoms with Gasteiger partial charge in [-0.25, -0.2) is 4.98 Å². The van der Waals surface area contributed by atoms with Gasteiger partial charge in [-0.1, -0.05) is 29.9 Å². The first kappa shape index (κ1) is 29.0. The summed E-state index contributed by atoms with van der Waals surface area (Å²) in [6.07, 6.45) is 10.4. The molecule has 3 aliphatic rings. The smallest absolute Gasteiger partial charge is 0.441 e. The minimum absolute atomic E-state index is 0. The molecule has 198 valence electrons. The summed E-state index contributed by atoms with van der Waals surface area (Å²) in [7, 11) is 0. The molecule has 4 aromatic rings. The Labute approximate surface area is 276 Å². The second-order valence-electron chi connectivity index (χ2n) is 10.5. The van der Waals surface area contributed by atoms with Gasteiger partial charge >= 0.3 is 51.4 Å². The maximum Gasteiger partial charge on any atom is 1.00 e. The van der Waals surface area contributed by atoms with E-state index >= 15 is 0 Å². The Morgan fingerprint density at radius 2 is 1.82 bits per heavy atom. The Bertz CT molecular complexity index is 1420. The maximum atomic E-state index is 10.9. The van der Waals surface area contributed by atoms with Crippen LogP contribution in [0.2, 0.25) is 5.02 Å². The Kier molecular flexibility index (Phi) is 9.64. The number of pyridine rings is 2. The average Bonchev–Trinajstić information content (AvgIpc) is 3.83. The van der Waals surface area contributed by atoms with Gasteiger partial charge in [-0.3, -0.25) is 0 Å². The first-order valence-electron chi connectivity index (χ1n) is 13.3. The molecule has 1 aliphatic heterocycles. The Morgan fingerprint density at radius 3 is 2.49 bits per heavy atom. The number of hydrogen-bond donors (Lipinski definition) is 4. The third-order valence-corrected chi connectivity index (χ3v) is 7.73. The number of nitrogens with zero attached hydrogens (tertiary/aromatic N) is 4. The number of halogens is 1. The standard InChI is InChI=1S/C20H23N6O2.C9H9Cl.K/c27-19(14-7-21-8-14)17-5-13(12-1-2-12)10-26-11-16(24-20(17)26)9-23-15-3-4-22-18(6-15)25-28;10-9-3-1-2-8(6-9)7-4-5-7;/h3-6,10-12,14,19,21,27H,1-2,7-9H2,(H2-,22,23,25,28);1-3,6-7H,4-5H2;/q-1;;+1. The van der Waals surface area contributed by atoms with E-state index in [0.29, 0.717) is 12.5 Å². The minimum Gasteiger partial charge on any atom is -0.441 e. The van der Waals surface area contributed by atoms with E-state index < -0.39 is 6.10 Å². The van der Waals surface area contributed by atoms with Gasteiger partial charge in [0.15, 0.2) is 0 Å². The first-order chi connectivity index (χ1) is 18.6. The summed E-state index contributed by atoms with van der Waals surface area (Å²) < 4.78 is 2.05. The van der Waals surface area contributed by atoms with Gasteiger partial charge in [-0.15, -0.1) is 0 Å². The molecule has 0 amide bonds. The predicted molar refractivity (Wildman–Crippen MR) is 148 cm³/mol. The van der Waals surface area contributed by atoms with Crippen molar-refractivity contribution in [3.63, 3.8) is 0 Å². The number of nitrogens with one attached hydrogen (secondary N) is 2. The molecule has 10 heteroatoms. The van der Waals surface area contributed by atoms with Crippen LogP contribution in [0.25, 0.3) is 11.1 Å². The summed E-state index contributed by atoms with van der Waals surface area (Å²) in [5.41, 5.74) is 9.24. The molecule has 2 saturated carbocycles. The van der Waals surface area contributed by atoms with Gasteiger partial charge in [0, 0.05) is 47.7 Å². The van der Waals surface area contributed by atoms with E-state index in [1.165, 1.54) is 36.8 Å². The van der Waals surface area contributed by atoms with Crippen molar-refractivity contribution in [3.8, 4) is 0 Å². The molecule has 0 bridgehead atoms. The Morgan fingerprint density at radius 1 is 1.05 bits per heavy atom. The summed E-state index contributed by atoms with van der Waals surface area (Å²) in [4.78, 5) is 8.72. The summed E-state index contributed by atoms with van der Waals surface area (Å²) in [6, 6.07) is 13.8. The van der Waals surface area contributed by atoms with Crippen molar-refractivity contribution in [1.29, 1.82) is 0 Å². The molecule has 1 atom stereocenters. The van der Waals surface area contributed by atoms with Crippen molar-refractivity contribution in [2.75, 3.05) is 18.4 Å². The van der Waals surface area contributed by atoms with Crippen LogP contribution in [0, 0.1) is 5.92 Å². The fraction of sp³-hybridized carbons (Fsp3) is 0.379. The fourth-order valence-electron chi connectivity index (χ4n) is 4.88. The molecule has 0 spiro atoms. The van der Waals surface area contributed by atoms with Crippen LogP contribution >= 0.6 is 11.6 Å². The van der Waals surface area contributed by atoms with Gasteiger partial charge in [-0.05, 0) is 84.8 Å². The predicted octanol–water partition coefficient (Wildman–Crippen LogP) is 3.09. The van der Waals surface area contributed by atoms with Crippen LogP contribution in [0.15, 0.2) is 61.1 Å². The number of rotatable bonds is 8. The van der Waals surface area contributed by atoms with Crippen LogP contribution in [0.4, 0.5) is 11.5 Å². The van der Waals surface area contributed by atoms with E-state index in [4.69, 9.17) is 21.8 Å². The summed E-state index contributed by atoms with van der Waals surface area (Å²) in [5.74, 6) is 1.93. The van der Waals surface area contributed by atoms with Crippen LogP contribution in [0.1, 0.15) is 66.0 Å². The van der Waals surface area contributed by atoms with E-state index in [-0.39, 0.29) is 63.1 Å². The average molecular weight is 571 g/mol. The van der Waals surface area contributed by atoms with Gasteiger partial charge in [0.1, 0.15) is 5.65 Å². The molecular weight excluding hydrogens is 539 g/mol. The van der Waals surface area contributed by atoms with Crippen molar-refractivity contribution >= 4 is 28.8 Å². The normalized spacial score (nSPS) is 17.4. The third kappa shape index (κ3) is 7.22. The fourth-order valence-corrected chi connectivity index (χ4v) is 5.08. The van der Waals surface area contributed by atoms with Crippen LogP contribution in [-0.2, 0) is 6.54 Å². The number of anilines is 1. The molecule has 4 heterocycles. The molecular formula is C29H32ClKN6O2. The number of aliphatic hydroxyl groups is 1. The topological polar surface area (TPSA) is 109 Å². The number of imidazole rings is 1. The quantitative estimate of drug-likeness (QED) is 0.191. The van der Waals surface area contributed by atoms with E-state index in [9.17, 15) is 5.11 Å². The second kappa shape index (κ2) is 13.0. The zero-order valence-corrected chi connectivity index (χ0v) is 26.0. The number of aliphatic hydroxyl groups excluding tert-OH is 1. The number of fused-ring (bicyclic) bond motifs is 1. The van der Waals surface area contributed by atoms with Crippen LogP contribution in [0.5, 0.6) is 0 Å². The Balaban J connectivity index is 0.000000236. The largest absolute Gasteiger partial charge is 1.00 e. The van der Waals surface area contributed by atoms with Gasteiger partial charge in [0.05, 0.1) is 18.3 Å². The molecule has 4 N–H and O–H groups in total. The van der Waals surface area contributed by atoms with Crippen LogP contribution in [0.3, 0.4) is 0 Å². The Hall–Kier alpha value is -1.53. The van der Waals surface area contributed by atoms with Crippen LogP contribution < -0.4 is 62.0 Å². The second-order valence-corrected chi connectivity index (χ2v) is 11.0. The zero-order chi connectivity index (χ0) is 26.1. The first-order valence-corrected chi connectivity index (χ1v) is 13.7.